The highest BCUT2D eigenvalue weighted by atomic mass is 16.5. The first kappa shape index (κ1) is 16.3. The van der Waals surface area contributed by atoms with Gasteiger partial charge in [-0.25, -0.2) is 0 Å². The topological polar surface area (TPSA) is 50.7 Å². The highest BCUT2D eigenvalue weighted by molar-refractivity contribution is 5.29. The van der Waals surface area contributed by atoms with E-state index in [-0.39, 0.29) is 5.60 Å². The quantitative estimate of drug-likeness (QED) is 0.846. The lowest BCUT2D eigenvalue weighted by atomic mass is 9.88. The van der Waals surface area contributed by atoms with E-state index in [2.05, 4.69) is 26.1 Å². The van der Waals surface area contributed by atoms with Gasteiger partial charge in [0.15, 0.2) is 0 Å². The lowest BCUT2D eigenvalue weighted by Gasteiger charge is -2.40. The van der Waals surface area contributed by atoms with Gasteiger partial charge in [-0.15, -0.1) is 0 Å². The van der Waals surface area contributed by atoms with E-state index in [1.807, 2.05) is 24.3 Å². The highest BCUT2D eigenvalue weighted by Gasteiger charge is 2.32. The molecule has 0 aliphatic heterocycles. The molecule has 0 aromatic heterocycles. The first-order valence-electron chi connectivity index (χ1n) is 7.60. The smallest absolute Gasteiger partial charge is 0.119 e. The number of ether oxygens (including phenoxy) is 2. The van der Waals surface area contributed by atoms with Crippen LogP contribution in [0.25, 0.3) is 0 Å². The van der Waals surface area contributed by atoms with Crippen molar-refractivity contribution < 1.29 is 14.6 Å². The van der Waals surface area contributed by atoms with Crippen LogP contribution in [0.4, 0.5) is 0 Å². The standard InChI is InChI=1S/C17H27NO3/c1-17(2,3)21-15-9-13(10-15)18-11-16(19)12-6-5-7-14(8-12)20-4/h5-8,13,15-16,18-19H,9-11H2,1-4H3. The average molecular weight is 293 g/mol. The zero-order chi connectivity index (χ0) is 15.5. The van der Waals surface area contributed by atoms with Crippen molar-refractivity contribution in [2.24, 2.45) is 0 Å². The van der Waals surface area contributed by atoms with Crippen LogP contribution in [-0.2, 0) is 4.74 Å². The van der Waals surface area contributed by atoms with Gasteiger partial charge >= 0.3 is 0 Å². The Morgan fingerprint density at radius 1 is 1.33 bits per heavy atom. The molecule has 1 saturated carbocycles. The van der Waals surface area contributed by atoms with E-state index < -0.39 is 6.10 Å². The minimum Gasteiger partial charge on any atom is -0.497 e. The van der Waals surface area contributed by atoms with Crippen LogP contribution in [0.15, 0.2) is 24.3 Å². The van der Waals surface area contributed by atoms with Crippen LogP contribution in [0.5, 0.6) is 5.75 Å². The summed E-state index contributed by atoms with van der Waals surface area (Å²) in [5.41, 5.74) is 0.805. The van der Waals surface area contributed by atoms with E-state index in [1.54, 1.807) is 7.11 Å². The molecule has 4 heteroatoms. The SMILES string of the molecule is COc1cccc(C(O)CNC2CC(OC(C)(C)C)C2)c1. The molecule has 2 rings (SSSR count). The number of aliphatic hydroxyl groups excluding tert-OH is 1. The van der Waals surface area contributed by atoms with E-state index in [1.165, 1.54) is 0 Å². The second kappa shape index (κ2) is 6.77. The Hall–Kier alpha value is -1.10. The molecule has 0 heterocycles. The third-order valence-electron chi connectivity index (χ3n) is 3.69. The number of rotatable bonds is 6. The fourth-order valence-electron chi connectivity index (χ4n) is 2.57. The monoisotopic (exact) mass is 293 g/mol. The van der Waals surface area contributed by atoms with Crippen LogP contribution in [0, 0.1) is 0 Å². The van der Waals surface area contributed by atoms with Crippen LogP contribution in [0.2, 0.25) is 0 Å². The van der Waals surface area contributed by atoms with Gasteiger partial charge in [-0.2, -0.15) is 0 Å². The van der Waals surface area contributed by atoms with Crippen LogP contribution in [-0.4, -0.2) is 36.5 Å². The van der Waals surface area contributed by atoms with Crippen LogP contribution in [0.3, 0.4) is 0 Å². The summed E-state index contributed by atoms with van der Waals surface area (Å²) in [7, 11) is 1.63. The average Bonchev–Trinajstić information content (AvgIpc) is 2.39. The lowest BCUT2D eigenvalue weighted by Crippen LogP contribution is -2.48. The molecule has 2 N–H and O–H groups in total. The Kier molecular flexibility index (Phi) is 5.25. The Bertz CT molecular complexity index is 450. The van der Waals surface area contributed by atoms with Crippen molar-refractivity contribution in [2.45, 2.75) is 57.5 Å². The minimum atomic E-state index is -0.511. The molecule has 1 unspecified atom stereocenters. The molecule has 0 saturated heterocycles. The van der Waals surface area contributed by atoms with Gasteiger partial charge in [-0.3, -0.25) is 0 Å². The van der Waals surface area contributed by atoms with E-state index in [0.29, 0.717) is 18.7 Å². The molecule has 0 radical (unpaired) electrons. The zero-order valence-corrected chi connectivity index (χ0v) is 13.4. The normalized spacial score (nSPS) is 23.5. The van der Waals surface area contributed by atoms with Crippen LogP contribution in [0.1, 0.15) is 45.3 Å². The molecule has 21 heavy (non-hydrogen) atoms. The van der Waals surface area contributed by atoms with Crippen molar-refractivity contribution >= 4 is 0 Å². The van der Waals surface area contributed by atoms with E-state index in [0.717, 1.165) is 24.2 Å². The van der Waals surface area contributed by atoms with E-state index in [4.69, 9.17) is 9.47 Å². The molecule has 118 valence electrons. The van der Waals surface area contributed by atoms with Gasteiger partial charge in [0.2, 0.25) is 0 Å². The molecular formula is C17H27NO3. The van der Waals surface area contributed by atoms with Crippen molar-refractivity contribution in [1.29, 1.82) is 0 Å². The number of methoxy groups -OCH3 is 1. The molecule has 1 fully saturated rings. The molecule has 1 aliphatic rings. The first-order valence-corrected chi connectivity index (χ1v) is 7.60. The molecule has 1 aromatic rings. The zero-order valence-electron chi connectivity index (χ0n) is 13.4. The summed E-state index contributed by atoms with van der Waals surface area (Å²) in [5.74, 6) is 0.772. The largest absolute Gasteiger partial charge is 0.497 e. The summed E-state index contributed by atoms with van der Waals surface area (Å²) < 4.78 is 11.1. The molecule has 0 bridgehead atoms. The summed E-state index contributed by atoms with van der Waals surface area (Å²) in [6.45, 7) is 6.81. The van der Waals surface area contributed by atoms with Crippen LogP contribution >= 0.6 is 0 Å². The maximum atomic E-state index is 10.2. The van der Waals surface area contributed by atoms with Crippen molar-refractivity contribution in [3.8, 4) is 5.75 Å². The predicted molar refractivity (Wildman–Crippen MR) is 83.6 cm³/mol. The Labute approximate surface area is 127 Å². The molecule has 0 amide bonds. The predicted octanol–water partition coefficient (Wildman–Crippen LogP) is 2.66. The maximum Gasteiger partial charge on any atom is 0.119 e. The number of nitrogens with one attached hydrogen (secondary N) is 1. The number of hydrogen-bond donors (Lipinski definition) is 2. The van der Waals surface area contributed by atoms with E-state index >= 15 is 0 Å². The molecule has 4 nitrogen and oxygen atoms in total. The van der Waals surface area contributed by atoms with Gasteiger partial charge in [0.05, 0.1) is 24.9 Å². The number of aliphatic hydroxyl groups is 1. The summed E-state index contributed by atoms with van der Waals surface area (Å²) >= 11 is 0. The fourth-order valence-corrected chi connectivity index (χ4v) is 2.57. The molecule has 1 aliphatic carbocycles. The molecule has 0 spiro atoms. The minimum absolute atomic E-state index is 0.0737. The number of benzene rings is 1. The summed E-state index contributed by atoms with van der Waals surface area (Å²) in [4.78, 5) is 0. The van der Waals surface area contributed by atoms with Gasteiger partial charge in [-0.1, -0.05) is 12.1 Å². The molecule has 1 aromatic carbocycles. The highest BCUT2D eigenvalue weighted by Crippen LogP contribution is 2.28. The summed E-state index contributed by atoms with van der Waals surface area (Å²) in [6, 6.07) is 8.01. The fraction of sp³-hybridized carbons (Fsp3) is 0.647. The second-order valence-electron chi connectivity index (χ2n) is 6.72. The van der Waals surface area contributed by atoms with Crippen molar-refractivity contribution in [1.82, 2.24) is 5.32 Å². The van der Waals surface area contributed by atoms with E-state index in [9.17, 15) is 5.11 Å². The second-order valence-corrected chi connectivity index (χ2v) is 6.72. The van der Waals surface area contributed by atoms with Gasteiger partial charge < -0.3 is 19.9 Å². The van der Waals surface area contributed by atoms with Crippen molar-refractivity contribution in [3.63, 3.8) is 0 Å². The summed E-state index contributed by atoms with van der Waals surface area (Å²) in [5, 5.41) is 13.6. The molecular weight excluding hydrogens is 266 g/mol. The Morgan fingerprint density at radius 3 is 2.67 bits per heavy atom. The maximum absolute atomic E-state index is 10.2. The Balaban J connectivity index is 1.72. The third-order valence-corrected chi connectivity index (χ3v) is 3.69. The lowest BCUT2D eigenvalue weighted by molar-refractivity contribution is -0.103. The molecule has 1 atom stereocenters. The van der Waals surface area contributed by atoms with Crippen molar-refractivity contribution in [3.05, 3.63) is 29.8 Å². The van der Waals surface area contributed by atoms with Gasteiger partial charge in [0, 0.05) is 12.6 Å². The van der Waals surface area contributed by atoms with Crippen molar-refractivity contribution in [2.75, 3.05) is 13.7 Å². The summed E-state index contributed by atoms with van der Waals surface area (Å²) in [6.07, 6.45) is 1.86. The van der Waals surface area contributed by atoms with Gasteiger partial charge in [0.1, 0.15) is 5.75 Å². The first-order chi connectivity index (χ1) is 9.87. The van der Waals surface area contributed by atoms with Crippen LogP contribution < -0.4 is 10.1 Å². The Morgan fingerprint density at radius 2 is 2.05 bits per heavy atom. The van der Waals surface area contributed by atoms with Gasteiger partial charge in [-0.05, 0) is 51.3 Å². The van der Waals surface area contributed by atoms with Gasteiger partial charge in [0.25, 0.3) is 0 Å². The number of hydrogen-bond acceptors (Lipinski definition) is 4. The third kappa shape index (κ3) is 4.99.